The van der Waals surface area contributed by atoms with Crippen molar-refractivity contribution in [1.82, 2.24) is 19.4 Å². The normalized spacial score (nSPS) is 15.7. The maximum absolute atomic E-state index is 12.9. The summed E-state index contributed by atoms with van der Waals surface area (Å²) < 4.78 is 1.57. The first-order chi connectivity index (χ1) is 16.0. The third-order valence-electron chi connectivity index (χ3n) is 6.17. The van der Waals surface area contributed by atoms with Gasteiger partial charge in [-0.25, -0.2) is 9.78 Å². The zero-order chi connectivity index (χ0) is 22.9. The number of anilines is 1. The van der Waals surface area contributed by atoms with E-state index in [2.05, 4.69) is 5.32 Å². The lowest BCUT2D eigenvalue weighted by molar-refractivity contribution is -0.129. The van der Waals surface area contributed by atoms with Crippen LogP contribution in [-0.2, 0) is 24.7 Å². The molecule has 1 aliphatic carbocycles. The first-order valence-corrected chi connectivity index (χ1v) is 12.8. The van der Waals surface area contributed by atoms with Gasteiger partial charge < -0.3 is 15.1 Å². The zero-order valence-electron chi connectivity index (χ0n) is 18.4. The van der Waals surface area contributed by atoms with Gasteiger partial charge in [0.05, 0.1) is 11.1 Å². The average Bonchev–Trinajstić information content (AvgIpc) is 3.42. The van der Waals surface area contributed by atoms with Gasteiger partial charge in [-0.1, -0.05) is 30.0 Å². The SMILES string of the molecule is Cn1c(SCC(=O)N2CCN(C(=O)Nc3ccccc3)CC2)nc2sc3c(c2c1=O)CCC3. The fourth-order valence-corrected chi connectivity index (χ4v) is 6.51. The minimum absolute atomic E-state index is 0.00821. The quantitative estimate of drug-likeness (QED) is 0.455. The summed E-state index contributed by atoms with van der Waals surface area (Å²) in [5.74, 6) is 0.207. The Morgan fingerprint density at radius 3 is 2.58 bits per heavy atom. The molecule has 0 radical (unpaired) electrons. The second-order valence-corrected chi connectivity index (χ2v) is 10.3. The molecule has 0 unspecified atom stereocenters. The van der Waals surface area contributed by atoms with Crippen molar-refractivity contribution in [2.75, 3.05) is 37.2 Å². The Morgan fingerprint density at radius 1 is 1.09 bits per heavy atom. The molecule has 8 nitrogen and oxygen atoms in total. The molecule has 3 heterocycles. The summed E-state index contributed by atoms with van der Waals surface area (Å²) in [4.78, 5) is 48.4. The number of nitrogens with zero attached hydrogens (tertiary/aromatic N) is 4. The van der Waals surface area contributed by atoms with Crippen LogP contribution < -0.4 is 10.9 Å². The third-order valence-corrected chi connectivity index (χ3v) is 8.38. The summed E-state index contributed by atoms with van der Waals surface area (Å²) in [6.45, 7) is 1.95. The topological polar surface area (TPSA) is 87.5 Å². The van der Waals surface area contributed by atoms with Crippen molar-refractivity contribution in [2.24, 2.45) is 7.05 Å². The van der Waals surface area contributed by atoms with Gasteiger partial charge in [0.15, 0.2) is 5.16 Å². The highest BCUT2D eigenvalue weighted by Gasteiger charge is 2.26. The van der Waals surface area contributed by atoms with Gasteiger partial charge in [-0.05, 0) is 37.0 Å². The van der Waals surface area contributed by atoms with Crippen LogP contribution in [0.1, 0.15) is 16.9 Å². The molecular formula is C23H25N5O3S2. The number of urea groups is 1. The van der Waals surface area contributed by atoms with Crippen molar-refractivity contribution >= 4 is 50.9 Å². The molecule has 10 heteroatoms. The van der Waals surface area contributed by atoms with Gasteiger partial charge in [-0.2, -0.15) is 0 Å². The molecule has 1 aliphatic heterocycles. The van der Waals surface area contributed by atoms with E-state index in [0.29, 0.717) is 31.3 Å². The predicted octanol–water partition coefficient (Wildman–Crippen LogP) is 2.95. The lowest BCUT2D eigenvalue weighted by atomic mass is 10.2. The molecular weight excluding hydrogens is 458 g/mol. The molecule has 172 valence electrons. The summed E-state index contributed by atoms with van der Waals surface area (Å²) in [7, 11) is 1.73. The lowest BCUT2D eigenvalue weighted by Gasteiger charge is -2.34. The molecule has 0 spiro atoms. The number of benzene rings is 1. The van der Waals surface area contributed by atoms with Crippen molar-refractivity contribution in [1.29, 1.82) is 0 Å². The molecule has 0 saturated carbocycles. The van der Waals surface area contributed by atoms with Crippen molar-refractivity contribution in [3.63, 3.8) is 0 Å². The smallest absolute Gasteiger partial charge is 0.321 e. The molecule has 33 heavy (non-hydrogen) atoms. The Labute approximate surface area is 199 Å². The van der Waals surface area contributed by atoms with E-state index in [0.717, 1.165) is 35.2 Å². The van der Waals surface area contributed by atoms with Gasteiger partial charge in [0, 0.05) is 43.8 Å². The number of amides is 3. The number of rotatable bonds is 4. The number of piperazine rings is 1. The number of carbonyl (C=O) groups excluding carboxylic acids is 2. The van der Waals surface area contributed by atoms with Gasteiger partial charge in [-0.3, -0.25) is 14.2 Å². The highest BCUT2D eigenvalue weighted by Crippen LogP contribution is 2.35. The molecule has 2 aromatic heterocycles. The first-order valence-electron chi connectivity index (χ1n) is 11.0. The van der Waals surface area contributed by atoms with Crippen LogP contribution in [0.2, 0.25) is 0 Å². The third kappa shape index (κ3) is 4.37. The number of para-hydroxylation sites is 1. The summed E-state index contributed by atoms with van der Waals surface area (Å²) >= 11 is 2.91. The summed E-state index contributed by atoms with van der Waals surface area (Å²) in [5, 5.41) is 4.21. The van der Waals surface area contributed by atoms with Crippen molar-refractivity contribution in [3.8, 4) is 0 Å². The molecule has 2 aliphatic rings. The maximum Gasteiger partial charge on any atom is 0.321 e. The van der Waals surface area contributed by atoms with E-state index in [1.165, 1.54) is 22.2 Å². The molecule has 3 amide bonds. The second kappa shape index (κ2) is 9.18. The largest absolute Gasteiger partial charge is 0.338 e. The van der Waals surface area contributed by atoms with Crippen LogP contribution in [0.5, 0.6) is 0 Å². The highest BCUT2D eigenvalue weighted by molar-refractivity contribution is 7.99. The second-order valence-electron chi connectivity index (χ2n) is 8.25. The molecule has 1 N–H and O–H groups in total. The van der Waals surface area contributed by atoms with Crippen molar-refractivity contribution in [3.05, 3.63) is 51.1 Å². The number of thiophene rings is 1. The number of aromatic nitrogens is 2. The lowest BCUT2D eigenvalue weighted by Crippen LogP contribution is -2.52. The fraction of sp³-hybridized carbons (Fsp3) is 0.391. The molecule has 3 aromatic rings. The molecule has 1 aromatic carbocycles. The van der Waals surface area contributed by atoms with Gasteiger partial charge in [0.25, 0.3) is 5.56 Å². The van der Waals surface area contributed by atoms with E-state index in [9.17, 15) is 14.4 Å². The average molecular weight is 484 g/mol. The van der Waals surface area contributed by atoms with Crippen molar-refractivity contribution in [2.45, 2.75) is 24.4 Å². The van der Waals surface area contributed by atoms with E-state index in [1.54, 1.807) is 32.8 Å². The molecule has 5 rings (SSSR count). The van der Waals surface area contributed by atoms with Gasteiger partial charge in [0.2, 0.25) is 5.91 Å². The number of nitrogens with one attached hydrogen (secondary N) is 1. The minimum Gasteiger partial charge on any atom is -0.338 e. The van der Waals surface area contributed by atoms with Gasteiger partial charge in [0.1, 0.15) is 4.83 Å². The Balaban J connectivity index is 1.18. The van der Waals surface area contributed by atoms with Crippen LogP contribution in [0.15, 0.2) is 40.3 Å². The predicted molar refractivity (Wildman–Crippen MR) is 131 cm³/mol. The van der Waals surface area contributed by atoms with E-state index in [1.807, 2.05) is 30.3 Å². The fourth-order valence-electron chi connectivity index (χ4n) is 4.34. The Kier molecular flexibility index (Phi) is 6.11. The molecule has 0 bridgehead atoms. The summed E-state index contributed by atoms with van der Waals surface area (Å²) in [5.41, 5.74) is 1.90. The maximum atomic E-state index is 12.9. The standard InChI is InChI=1S/C23H25N5O3S2/c1-26-21(30)19-16-8-5-9-17(16)33-20(19)25-23(26)32-14-18(29)27-10-12-28(13-11-27)22(31)24-15-6-3-2-4-7-15/h2-4,6-7H,5,8-14H2,1H3,(H,24,31). The van der Waals surface area contributed by atoms with Gasteiger partial charge in [-0.15, -0.1) is 11.3 Å². The number of aryl methyl sites for hydroxylation is 2. The van der Waals surface area contributed by atoms with Crippen molar-refractivity contribution < 1.29 is 9.59 Å². The number of hydrogen-bond donors (Lipinski definition) is 1. The van der Waals surface area contributed by atoms with Crippen LogP contribution in [-0.4, -0.2) is 63.2 Å². The number of thioether (sulfide) groups is 1. The van der Waals surface area contributed by atoms with E-state index >= 15 is 0 Å². The molecule has 1 saturated heterocycles. The number of hydrogen-bond acceptors (Lipinski definition) is 6. The Hall–Kier alpha value is -2.85. The van der Waals surface area contributed by atoms with Crippen LogP contribution >= 0.6 is 23.1 Å². The number of fused-ring (bicyclic) bond motifs is 3. The van der Waals surface area contributed by atoms with Crippen LogP contribution in [0.4, 0.5) is 10.5 Å². The van der Waals surface area contributed by atoms with Gasteiger partial charge >= 0.3 is 6.03 Å². The van der Waals surface area contributed by atoms with Crippen LogP contribution in [0.25, 0.3) is 10.2 Å². The summed E-state index contributed by atoms with van der Waals surface area (Å²) in [6, 6.07) is 9.18. The summed E-state index contributed by atoms with van der Waals surface area (Å²) in [6.07, 6.45) is 3.08. The van der Waals surface area contributed by atoms with Crippen LogP contribution in [0.3, 0.4) is 0 Å². The number of carbonyl (C=O) groups is 2. The minimum atomic E-state index is -0.155. The van der Waals surface area contributed by atoms with Crippen LogP contribution in [0, 0.1) is 0 Å². The molecule has 0 atom stereocenters. The monoisotopic (exact) mass is 483 g/mol. The Morgan fingerprint density at radius 2 is 1.82 bits per heavy atom. The first kappa shape index (κ1) is 22.0. The zero-order valence-corrected chi connectivity index (χ0v) is 20.0. The van der Waals surface area contributed by atoms with E-state index < -0.39 is 0 Å². The molecule has 1 fully saturated rings. The van der Waals surface area contributed by atoms with E-state index in [-0.39, 0.29) is 23.3 Å². The highest BCUT2D eigenvalue weighted by atomic mass is 32.2. The Bertz CT molecular complexity index is 1260. The van der Waals surface area contributed by atoms with E-state index in [4.69, 9.17) is 4.98 Å².